The Balaban J connectivity index is 1.45. The zero-order valence-electron chi connectivity index (χ0n) is 22.9. The summed E-state index contributed by atoms with van der Waals surface area (Å²) in [5, 5.41) is 10.4. The number of hydrogen-bond acceptors (Lipinski definition) is 6. The van der Waals surface area contributed by atoms with Crippen molar-refractivity contribution in [3.05, 3.63) is 46.2 Å². The quantitative estimate of drug-likeness (QED) is 0.572. The zero-order valence-corrected chi connectivity index (χ0v) is 22.9. The Morgan fingerprint density at radius 1 is 1.08 bits per heavy atom. The number of para-hydroxylation sites is 1. The van der Waals surface area contributed by atoms with E-state index >= 15 is 0 Å². The number of benzene rings is 1. The molecule has 2 aromatic rings. The van der Waals surface area contributed by atoms with Crippen molar-refractivity contribution >= 4 is 16.8 Å². The summed E-state index contributed by atoms with van der Waals surface area (Å²) in [7, 11) is 1.83. The lowest BCUT2D eigenvalue weighted by Crippen LogP contribution is -2.64. The molecule has 0 radical (unpaired) electrons. The van der Waals surface area contributed by atoms with Crippen LogP contribution in [0.5, 0.6) is 0 Å². The number of pyridine rings is 1. The Hall–Kier alpha value is -2.26. The Morgan fingerprint density at radius 3 is 2.50 bits per heavy atom. The molecule has 0 unspecified atom stereocenters. The molecule has 8 nitrogen and oxygen atoms in total. The van der Waals surface area contributed by atoms with Crippen LogP contribution in [0.3, 0.4) is 0 Å². The highest BCUT2D eigenvalue weighted by Crippen LogP contribution is 2.33. The van der Waals surface area contributed by atoms with Crippen molar-refractivity contribution in [2.45, 2.75) is 57.0 Å². The summed E-state index contributed by atoms with van der Waals surface area (Å²) in [6.45, 7) is 6.94. The van der Waals surface area contributed by atoms with E-state index in [-0.39, 0.29) is 29.5 Å². The van der Waals surface area contributed by atoms with E-state index in [4.69, 9.17) is 4.74 Å². The van der Waals surface area contributed by atoms with Gasteiger partial charge in [0.15, 0.2) is 0 Å². The fourth-order valence-corrected chi connectivity index (χ4v) is 6.90. The van der Waals surface area contributed by atoms with Gasteiger partial charge in [-0.05, 0) is 43.2 Å². The van der Waals surface area contributed by atoms with Crippen molar-refractivity contribution in [3.8, 4) is 0 Å². The number of piperazine rings is 1. The van der Waals surface area contributed by atoms with Crippen molar-refractivity contribution in [3.63, 3.8) is 0 Å². The number of aliphatic hydroxyl groups is 1. The van der Waals surface area contributed by atoms with Crippen LogP contribution in [0.2, 0.25) is 0 Å². The first kappa shape index (κ1) is 27.3. The van der Waals surface area contributed by atoms with Gasteiger partial charge in [-0.25, -0.2) is 0 Å². The van der Waals surface area contributed by atoms with Crippen molar-refractivity contribution in [1.82, 2.24) is 19.3 Å². The fraction of sp³-hybridized carbons (Fsp3) is 0.667. The van der Waals surface area contributed by atoms with Gasteiger partial charge >= 0.3 is 0 Å². The Kier molecular flexibility index (Phi) is 8.83. The summed E-state index contributed by atoms with van der Waals surface area (Å²) in [5.41, 5.74) is 1.41. The number of hydrogen-bond donors (Lipinski definition) is 1. The summed E-state index contributed by atoms with van der Waals surface area (Å²) in [6, 6.07) is 9.95. The van der Waals surface area contributed by atoms with Crippen LogP contribution in [-0.4, -0.2) is 94.9 Å². The molecule has 2 saturated heterocycles. The number of aliphatic hydroxyl groups excluding tert-OH is 1. The van der Waals surface area contributed by atoms with Crippen LogP contribution >= 0.6 is 0 Å². The normalized spacial score (nSPS) is 21.5. The van der Waals surface area contributed by atoms with E-state index in [0.717, 1.165) is 75.6 Å². The minimum Gasteiger partial charge on any atom is -0.395 e. The molecule has 38 heavy (non-hydrogen) atoms. The van der Waals surface area contributed by atoms with Crippen molar-refractivity contribution < 1.29 is 14.6 Å². The van der Waals surface area contributed by atoms with E-state index in [1.165, 1.54) is 6.42 Å². The monoisotopic (exact) mass is 524 g/mol. The third-order valence-corrected chi connectivity index (χ3v) is 9.20. The molecule has 1 saturated carbocycles. The maximum absolute atomic E-state index is 14.1. The van der Waals surface area contributed by atoms with Crippen LogP contribution in [-0.2, 0) is 23.1 Å². The second-order valence-corrected chi connectivity index (χ2v) is 11.5. The predicted molar refractivity (Wildman–Crippen MR) is 149 cm³/mol. The first-order chi connectivity index (χ1) is 18.5. The smallest absolute Gasteiger partial charge is 0.255 e. The second kappa shape index (κ2) is 12.3. The molecule has 2 aliphatic heterocycles. The van der Waals surface area contributed by atoms with Gasteiger partial charge in [0.25, 0.3) is 5.56 Å². The lowest BCUT2D eigenvalue weighted by Gasteiger charge is -2.51. The van der Waals surface area contributed by atoms with Crippen molar-refractivity contribution in [2.75, 3.05) is 59.1 Å². The Bertz CT molecular complexity index is 1140. The molecule has 3 fully saturated rings. The molecule has 1 amide bonds. The number of ether oxygens (including phenoxy) is 1. The number of carbonyl (C=O) groups is 1. The van der Waals surface area contributed by atoms with Crippen LogP contribution in [0.1, 0.15) is 50.5 Å². The van der Waals surface area contributed by atoms with E-state index in [0.29, 0.717) is 38.4 Å². The molecule has 0 spiro atoms. The van der Waals surface area contributed by atoms with E-state index in [9.17, 15) is 14.7 Å². The van der Waals surface area contributed by atoms with E-state index in [1.807, 2.05) is 42.3 Å². The van der Waals surface area contributed by atoms with Gasteiger partial charge < -0.3 is 19.3 Å². The van der Waals surface area contributed by atoms with Gasteiger partial charge in [0, 0.05) is 76.6 Å². The van der Waals surface area contributed by atoms with Gasteiger partial charge in [0.2, 0.25) is 5.91 Å². The summed E-state index contributed by atoms with van der Waals surface area (Å²) in [6.07, 6.45) is 7.08. The number of carbonyl (C=O) groups excluding carboxylic acids is 1. The lowest BCUT2D eigenvalue weighted by molar-refractivity contribution is -0.142. The minimum atomic E-state index is -0.157. The number of aryl methyl sites for hydroxylation is 1. The third kappa shape index (κ3) is 5.83. The number of amides is 1. The Labute approximate surface area is 226 Å². The minimum absolute atomic E-state index is 0.0243. The second-order valence-electron chi connectivity index (χ2n) is 11.5. The number of fused-ring (bicyclic) bond motifs is 1. The molecule has 3 heterocycles. The SMILES string of the molecule is Cn1c(=O)c(CN(CC2(N3CCN(CCO)CC3)CCOCC2)C(=O)C2CCCCC2)cc2ccccc21. The molecule has 0 atom stereocenters. The molecule has 1 aliphatic carbocycles. The van der Waals surface area contributed by atoms with Crippen LogP contribution in [0.15, 0.2) is 35.1 Å². The maximum atomic E-state index is 14.1. The largest absolute Gasteiger partial charge is 0.395 e. The van der Waals surface area contributed by atoms with Gasteiger partial charge in [-0.1, -0.05) is 37.5 Å². The highest BCUT2D eigenvalue weighted by Gasteiger charge is 2.43. The number of nitrogens with zero attached hydrogens (tertiary/aromatic N) is 4. The summed E-state index contributed by atoms with van der Waals surface area (Å²) in [5.74, 6) is 0.260. The Morgan fingerprint density at radius 2 is 1.79 bits per heavy atom. The third-order valence-electron chi connectivity index (χ3n) is 9.20. The lowest BCUT2D eigenvalue weighted by atomic mass is 9.84. The van der Waals surface area contributed by atoms with Gasteiger partial charge in [-0.3, -0.25) is 19.4 Å². The molecule has 0 bridgehead atoms. The molecule has 8 heteroatoms. The molecular weight excluding hydrogens is 480 g/mol. The fourth-order valence-electron chi connectivity index (χ4n) is 6.90. The maximum Gasteiger partial charge on any atom is 0.255 e. The van der Waals surface area contributed by atoms with Crippen LogP contribution in [0, 0.1) is 5.92 Å². The topological polar surface area (TPSA) is 78.2 Å². The van der Waals surface area contributed by atoms with Crippen LogP contribution in [0.4, 0.5) is 0 Å². The highest BCUT2D eigenvalue weighted by molar-refractivity contribution is 5.81. The highest BCUT2D eigenvalue weighted by atomic mass is 16.5. The van der Waals surface area contributed by atoms with Gasteiger partial charge in [-0.15, -0.1) is 0 Å². The summed E-state index contributed by atoms with van der Waals surface area (Å²) in [4.78, 5) is 34.5. The average molecular weight is 525 g/mol. The van der Waals surface area contributed by atoms with Crippen LogP contribution < -0.4 is 5.56 Å². The summed E-state index contributed by atoms with van der Waals surface area (Å²) >= 11 is 0. The van der Waals surface area contributed by atoms with E-state index < -0.39 is 0 Å². The standard InChI is InChI=1S/C30H44N4O4/c1-31-27-10-6-5-9-25(27)21-26(28(31)36)22-33(29(37)24-7-3-2-4-8-24)23-30(11-19-38-20-12-30)34-15-13-32(14-16-34)17-18-35/h5-6,9-10,21,24,35H,2-4,7-8,11-20,22-23H2,1H3. The van der Waals surface area contributed by atoms with Gasteiger partial charge in [-0.2, -0.15) is 0 Å². The number of β-amino-alcohol motifs (C(OH)–C–C–N with tert-alkyl or cyclic N) is 1. The molecule has 3 aliphatic rings. The molecule has 5 rings (SSSR count). The molecular formula is C30H44N4O4. The van der Waals surface area contributed by atoms with Crippen LogP contribution in [0.25, 0.3) is 10.9 Å². The van der Waals surface area contributed by atoms with Crippen molar-refractivity contribution in [1.29, 1.82) is 0 Å². The number of rotatable bonds is 8. The first-order valence-corrected chi connectivity index (χ1v) is 14.5. The summed E-state index contributed by atoms with van der Waals surface area (Å²) < 4.78 is 7.53. The predicted octanol–water partition coefficient (Wildman–Crippen LogP) is 2.61. The van der Waals surface area contributed by atoms with E-state index in [1.54, 1.807) is 4.57 Å². The molecule has 208 valence electrons. The average Bonchev–Trinajstić information content (AvgIpc) is 2.96. The van der Waals surface area contributed by atoms with Crippen molar-refractivity contribution in [2.24, 2.45) is 13.0 Å². The first-order valence-electron chi connectivity index (χ1n) is 14.5. The molecule has 1 aromatic carbocycles. The molecule has 1 aromatic heterocycles. The number of aromatic nitrogens is 1. The van der Waals surface area contributed by atoms with Gasteiger partial charge in [0.05, 0.1) is 18.7 Å². The van der Waals surface area contributed by atoms with E-state index in [2.05, 4.69) is 9.80 Å². The zero-order chi connectivity index (χ0) is 26.5. The molecule has 1 N–H and O–H groups in total. The van der Waals surface area contributed by atoms with Gasteiger partial charge in [0.1, 0.15) is 0 Å².